The Morgan fingerprint density at radius 1 is 0.938 bits per heavy atom. The van der Waals surface area contributed by atoms with Crippen molar-refractivity contribution in [3.63, 3.8) is 0 Å². The highest BCUT2D eigenvalue weighted by Crippen LogP contribution is 2.19. The largest absolute Gasteiger partial charge is 0.459 e. The summed E-state index contributed by atoms with van der Waals surface area (Å²) in [5, 5.41) is 0. The van der Waals surface area contributed by atoms with Gasteiger partial charge in [0.2, 0.25) is 0 Å². The molecule has 1 aliphatic carbocycles. The van der Waals surface area contributed by atoms with Gasteiger partial charge in [-0.05, 0) is 25.7 Å². The summed E-state index contributed by atoms with van der Waals surface area (Å²) in [6.07, 6.45) is 6.60. The molecule has 0 aromatic heterocycles. The molecular formula is C12H18O4. The van der Waals surface area contributed by atoms with Crippen LogP contribution in [0.3, 0.4) is 0 Å². The number of carbonyl (C=O) groups is 2. The van der Waals surface area contributed by atoms with Crippen LogP contribution >= 0.6 is 0 Å². The maximum Gasteiger partial charge on any atom is 0.303 e. The second-order valence-electron chi connectivity index (χ2n) is 3.92. The van der Waals surface area contributed by atoms with Crippen molar-refractivity contribution in [2.24, 2.45) is 0 Å². The average molecular weight is 226 g/mol. The molecular weight excluding hydrogens is 208 g/mol. The number of allylic oxidation sites excluding steroid dienone is 2. The van der Waals surface area contributed by atoms with Crippen LogP contribution in [0.15, 0.2) is 12.2 Å². The Hall–Kier alpha value is -1.32. The Bertz CT molecular complexity index is 255. The third kappa shape index (κ3) is 4.47. The summed E-state index contributed by atoms with van der Waals surface area (Å²) < 4.78 is 10.4. The monoisotopic (exact) mass is 226 g/mol. The maximum atomic E-state index is 11.0. The van der Waals surface area contributed by atoms with Crippen molar-refractivity contribution in [3.05, 3.63) is 12.2 Å². The van der Waals surface area contributed by atoms with Gasteiger partial charge in [0, 0.05) is 13.8 Å². The molecule has 0 aromatic carbocycles. The number of ether oxygens (including phenoxy) is 2. The Morgan fingerprint density at radius 3 is 1.62 bits per heavy atom. The number of hydrogen-bond acceptors (Lipinski definition) is 4. The van der Waals surface area contributed by atoms with E-state index in [0.29, 0.717) is 12.8 Å². The van der Waals surface area contributed by atoms with Crippen molar-refractivity contribution in [2.75, 3.05) is 0 Å². The molecule has 0 heterocycles. The highest BCUT2D eigenvalue weighted by molar-refractivity contribution is 5.67. The molecule has 0 unspecified atom stereocenters. The quantitative estimate of drug-likeness (QED) is 0.533. The first kappa shape index (κ1) is 12.7. The molecule has 0 saturated heterocycles. The van der Waals surface area contributed by atoms with Gasteiger partial charge in [0.25, 0.3) is 0 Å². The molecule has 16 heavy (non-hydrogen) atoms. The van der Waals surface area contributed by atoms with Crippen LogP contribution in [-0.2, 0) is 19.1 Å². The SMILES string of the molecule is CC(=O)O[C@H]1CC/C=C\CC[C@H]1OC(C)=O. The summed E-state index contributed by atoms with van der Waals surface area (Å²) in [5.74, 6) is -0.654. The van der Waals surface area contributed by atoms with E-state index in [0.717, 1.165) is 12.8 Å². The first-order valence-electron chi connectivity index (χ1n) is 5.59. The normalized spacial score (nSPS) is 27.4. The fourth-order valence-corrected chi connectivity index (χ4v) is 1.82. The molecule has 0 amide bonds. The molecule has 1 rings (SSSR count). The summed E-state index contributed by atoms with van der Waals surface area (Å²) in [6, 6.07) is 0. The van der Waals surface area contributed by atoms with Gasteiger partial charge >= 0.3 is 11.9 Å². The van der Waals surface area contributed by atoms with Gasteiger partial charge in [-0.15, -0.1) is 0 Å². The van der Waals surface area contributed by atoms with E-state index in [4.69, 9.17) is 9.47 Å². The van der Waals surface area contributed by atoms with Crippen LogP contribution in [0.2, 0.25) is 0 Å². The third-order valence-corrected chi connectivity index (χ3v) is 2.45. The van der Waals surface area contributed by atoms with Crippen molar-refractivity contribution < 1.29 is 19.1 Å². The highest BCUT2D eigenvalue weighted by Gasteiger charge is 2.26. The van der Waals surface area contributed by atoms with E-state index >= 15 is 0 Å². The summed E-state index contributed by atoms with van der Waals surface area (Å²) >= 11 is 0. The zero-order chi connectivity index (χ0) is 12.0. The van der Waals surface area contributed by atoms with Crippen LogP contribution in [0.1, 0.15) is 39.5 Å². The molecule has 0 bridgehead atoms. The number of carbonyl (C=O) groups excluding carboxylic acids is 2. The van der Waals surface area contributed by atoms with Crippen LogP contribution in [-0.4, -0.2) is 24.1 Å². The number of esters is 2. The van der Waals surface area contributed by atoms with Crippen molar-refractivity contribution in [1.82, 2.24) is 0 Å². The maximum absolute atomic E-state index is 11.0. The second-order valence-corrected chi connectivity index (χ2v) is 3.92. The highest BCUT2D eigenvalue weighted by atomic mass is 16.6. The molecule has 0 aliphatic heterocycles. The van der Waals surface area contributed by atoms with E-state index < -0.39 is 0 Å². The van der Waals surface area contributed by atoms with Gasteiger partial charge in [-0.3, -0.25) is 9.59 Å². The van der Waals surface area contributed by atoms with E-state index in [1.807, 2.05) is 0 Å². The molecule has 0 saturated carbocycles. The van der Waals surface area contributed by atoms with E-state index in [-0.39, 0.29) is 24.1 Å². The molecule has 0 N–H and O–H groups in total. The summed E-state index contributed by atoms with van der Waals surface area (Å²) in [6.45, 7) is 2.75. The second kappa shape index (κ2) is 6.30. The lowest BCUT2D eigenvalue weighted by atomic mass is 10.00. The van der Waals surface area contributed by atoms with Gasteiger partial charge in [-0.1, -0.05) is 12.2 Å². The smallest absolute Gasteiger partial charge is 0.303 e. The molecule has 4 heteroatoms. The van der Waals surface area contributed by atoms with Gasteiger partial charge in [0.05, 0.1) is 0 Å². The fraction of sp³-hybridized carbons (Fsp3) is 0.667. The third-order valence-electron chi connectivity index (χ3n) is 2.45. The molecule has 4 nitrogen and oxygen atoms in total. The summed E-state index contributed by atoms with van der Waals surface area (Å²) in [7, 11) is 0. The van der Waals surface area contributed by atoms with Crippen LogP contribution in [0.5, 0.6) is 0 Å². The van der Waals surface area contributed by atoms with Crippen molar-refractivity contribution in [3.8, 4) is 0 Å². The zero-order valence-corrected chi connectivity index (χ0v) is 9.77. The van der Waals surface area contributed by atoms with E-state index in [1.54, 1.807) is 0 Å². The van der Waals surface area contributed by atoms with Crippen LogP contribution in [0, 0.1) is 0 Å². The Balaban J connectivity index is 2.65. The van der Waals surface area contributed by atoms with Gasteiger partial charge < -0.3 is 9.47 Å². The standard InChI is InChI=1S/C12H18O4/c1-9(13)15-11-7-5-3-4-6-8-12(11)16-10(2)14/h3-4,11-12H,5-8H2,1-2H3/b4-3-/t11-,12+. The van der Waals surface area contributed by atoms with Crippen molar-refractivity contribution >= 4 is 11.9 Å². The Labute approximate surface area is 95.6 Å². The summed E-state index contributed by atoms with van der Waals surface area (Å²) in [4.78, 5) is 21.9. The average Bonchev–Trinajstić information content (AvgIpc) is 2.15. The predicted molar refractivity (Wildman–Crippen MR) is 58.7 cm³/mol. The predicted octanol–water partition coefficient (Wildman–Crippen LogP) is 1.98. The fourth-order valence-electron chi connectivity index (χ4n) is 1.82. The Morgan fingerprint density at radius 2 is 1.31 bits per heavy atom. The van der Waals surface area contributed by atoms with Gasteiger partial charge in [-0.25, -0.2) is 0 Å². The van der Waals surface area contributed by atoms with E-state index in [1.165, 1.54) is 13.8 Å². The van der Waals surface area contributed by atoms with Gasteiger partial charge in [0.1, 0.15) is 12.2 Å². The lowest BCUT2D eigenvalue weighted by Crippen LogP contribution is -2.34. The minimum absolute atomic E-state index is 0.314. The first-order valence-corrected chi connectivity index (χ1v) is 5.59. The molecule has 1 aliphatic rings. The van der Waals surface area contributed by atoms with E-state index in [9.17, 15) is 9.59 Å². The minimum atomic E-state index is -0.327. The van der Waals surface area contributed by atoms with Gasteiger partial charge in [-0.2, -0.15) is 0 Å². The van der Waals surface area contributed by atoms with Crippen molar-refractivity contribution in [2.45, 2.75) is 51.7 Å². The lowest BCUT2D eigenvalue weighted by Gasteiger charge is -2.26. The van der Waals surface area contributed by atoms with Crippen molar-refractivity contribution in [1.29, 1.82) is 0 Å². The van der Waals surface area contributed by atoms with Crippen LogP contribution in [0.25, 0.3) is 0 Å². The number of hydrogen-bond donors (Lipinski definition) is 0. The van der Waals surface area contributed by atoms with Gasteiger partial charge in [0.15, 0.2) is 0 Å². The zero-order valence-electron chi connectivity index (χ0n) is 9.77. The minimum Gasteiger partial charge on any atom is -0.459 e. The molecule has 0 radical (unpaired) electrons. The molecule has 90 valence electrons. The lowest BCUT2D eigenvalue weighted by molar-refractivity contribution is -0.166. The molecule has 0 spiro atoms. The molecule has 2 atom stereocenters. The Kier molecular flexibility index (Phi) is 5.02. The summed E-state index contributed by atoms with van der Waals surface area (Å²) in [5.41, 5.74) is 0. The first-order chi connectivity index (χ1) is 7.59. The van der Waals surface area contributed by atoms with E-state index in [2.05, 4.69) is 12.2 Å². The van der Waals surface area contributed by atoms with Crippen LogP contribution in [0.4, 0.5) is 0 Å². The molecule has 0 fully saturated rings. The number of rotatable bonds is 2. The topological polar surface area (TPSA) is 52.6 Å². The van der Waals surface area contributed by atoms with Crippen LogP contribution < -0.4 is 0 Å². The molecule has 0 aromatic rings.